The average Bonchev–Trinajstić information content (AvgIpc) is 3.10. The van der Waals surface area contributed by atoms with Crippen LogP contribution in [0.4, 0.5) is 10.6 Å². The Balaban J connectivity index is 1.45. The summed E-state index contributed by atoms with van der Waals surface area (Å²) in [5.74, 6) is 0.910. The third kappa shape index (κ3) is 2.17. The second kappa shape index (κ2) is 4.75. The molecule has 120 valence electrons. The Hall–Kier alpha value is -2.50. The molecule has 2 heterocycles. The number of urea groups is 1. The Kier molecular flexibility index (Phi) is 2.91. The number of hydrogen-bond acceptors (Lipinski definition) is 3. The molecule has 1 saturated carbocycles. The second-order valence-corrected chi connectivity index (χ2v) is 6.92. The van der Waals surface area contributed by atoms with Gasteiger partial charge in [-0.3, -0.25) is 5.10 Å². The van der Waals surface area contributed by atoms with E-state index in [0.717, 1.165) is 17.7 Å². The Morgan fingerprint density at radius 2 is 2.13 bits per heavy atom. The summed E-state index contributed by atoms with van der Waals surface area (Å²) in [4.78, 5) is 14.5. The third-order valence-electron chi connectivity index (χ3n) is 5.07. The molecule has 0 radical (unpaired) electrons. The van der Waals surface area contributed by atoms with Crippen molar-refractivity contribution in [1.82, 2.24) is 20.4 Å². The molecule has 6 nitrogen and oxygen atoms in total. The number of aromatic amines is 1. The maximum absolute atomic E-state index is 12.7. The number of nitrogens with one attached hydrogen (secondary N) is 2. The molecule has 1 aliphatic carbocycles. The van der Waals surface area contributed by atoms with Crippen LogP contribution in [0.15, 0.2) is 30.3 Å². The lowest BCUT2D eigenvalue weighted by Crippen LogP contribution is -2.47. The predicted molar refractivity (Wildman–Crippen MR) is 87.7 cm³/mol. The molecule has 2 atom stereocenters. The minimum atomic E-state index is -0.429. The zero-order chi connectivity index (χ0) is 16.2. The first-order chi connectivity index (χ1) is 11.0. The van der Waals surface area contributed by atoms with Crippen LogP contribution in [0.2, 0.25) is 0 Å². The predicted octanol–water partition coefficient (Wildman–Crippen LogP) is 2.31. The van der Waals surface area contributed by atoms with Crippen LogP contribution in [0, 0.1) is 0 Å². The highest BCUT2D eigenvalue weighted by molar-refractivity contribution is 5.78. The first kappa shape index (κ1) is 14.1. The van der Waals surface area contributed by atoms with Crippen molar-refractivity contribution in [2.45, 2.75) is 44.3 Å². The fourth-order valence-electron chi connectivity index (χ4n) is 3.52. The van der Waals surface area contributed by atoms with Crippen molar-refractivity contribution in [1.29, 1.82) is 0 Å². The lowest BCUT2D eigenvalue weighted by atomic mass is 10.0. The summed E-state index contributed by atoms with van der Waals surface area (Å²) in [7, 11) is 0. The lowest BCUT2D eigenvalue weighted by Gasteiger charge is -2.32. The number of carbonyl (C=O) groups is 1. The molecule has 2 amide bonds. The number of amides is 2. The van der Waals surface area contributed by atoms with Crippen LogP contribution in [0.5, 0.6) is 0 Å². The number of fused-ring (bicyclic) bond motifs is 1. The van der Waals surface area contributed by atoms with Gasteiger partial charge in [0.15, 0.2) is 5.82 Å². The monoisotopic (exact) mass is 311 g/mol. The van der Waals surface area contributed by atoms with E-state index < -0.39 is 5.54 Å². The number of aromatic nitrogens is 2. The van der Waals surface area contributed by atoms with Gasteiger partial charge < -0.3 is 16.0 Å². The van der Waals surface area contributed by atoms with Crippen LogP contribution in [0.1, 0.15) is 43.0 Å². The van der Waals surface area contributed by atoms with Crippen LogP contribution in [-0.4, -0.2) is 27.2 Å². The second-order valence-electron chi connectivity index (χ2n) is 6.92. The topological polar surface area (TPSA) is 87.0 Å². The summed E-state index contributed by atoms with van der Waals surface area (Å²) in [6, 6.07) is 10.5. The molecule has 4 rings (SSSR count). The van der Waals surface area contributed by atoms with Gasteiger partial charge in [0.05, 0.1) is 17.8 Å². The van der Waals surface area contributed by atoms with Crippen molar-refractivity contribution in [2.24, 2.45) is 0 Å². The first-order valence-corrected chi connectivity index (χ1v) is 7.94. The smallest absolute Gasteiger partial charge is 0.318 e. The number of anilines is 1. The van der Waals surface area contributed by atoms with E-state index >= 15 is 0 Å². The van der Waals surface area contributed by atoms with Crippen LogP contribution in [0.3, 0.4) is 0 Å². The number of carbonyl (C=O) groups excluding carboxylic acids is 1. The lowest BCUT2D eigenvalue weighted by molar-refractivity contribution is 0.142. The summed E-state index contributed by atoms with van der Waals surface area (Å²) >= 11 is 0. The maximum atomic E-state index is 12.7. The van der Waals surface area contributed by atoms with Gasteiger partial charge in [-0.25, -0.2) is 4.79 Å². The van der Waals surface area contributed by atoms with Crippen LogP contribution >= 0.6 is 0 Å². The summed E-state index contributed by atoms with van der Waals surface area (Å²) in [5.41, 5.74) is 8.61. The van der Waals surface area contributed by atoms with Gasteiger partial charge in [-0.1, -0.05) is 30.3 Å². The van der Waals surface area contributed by atoms with Crippen LogP contribution < -0.4 is 11.1 Å². The standard InChI is InChI=1S/C17H21N5O/c1-17(2)14-12(15(18)21-20-14)9-22(17)16(23)19-13-8-11(13)10-6-4-3-5-7-10/h3-7,11,13H,8-9H2,1-2H3,(H,19,23)(H3,18,20,21)/t11-,13?/m1/s1. The zero-order valence-electron chi connectivity index (χ0n) is 13.3. The molecule has 6 heteroatoms. The van der Waals surface area contributed by atoms with Crippen molar-refractivity contribution in [3.8, 4) is 0 Å². The minimum absolute atomic E-state index is 0.0394. The summed E-state index contributed by atoms with van der Waals surface area (Å²) in [5, 5.41) is 10.2. The van der Waals surface area contributed by atoms with Crippen molar-refractivity contribution in [2.75, 3.05) is 5.73 Å². The third-order valence-corrected chi connectivity index (χ3v) is 5.07. The number of nitrogen functional groups attached to an aromatic ring is 1. The van der Waals surface area contributed by atoms with Gasteiger partial charge in [-0.15, -0.1) is 0 Å². The van der Waals surface area contributed by atoms with Gasteiger partial charge in [-0.2, -0.15) is 5.10 Å². The highest BCUT2D eigenvalue weighted by Crippen LogP contribution is 2.43. The number of nitrogens with two attached hydrogens (primary N) is 1. The zero-order valence-corrected chi connectivity index (χ0v) is 13.3. The quantitative estimate of drug-likeness (QED) is 0.795. The Morgan fingerprint density at radius 1 is 1.39 bits per heavy atom. The van der Waals surface area contributed by atoms with Gasteiger partial charge in [-0.05, 0) is 25.8 Å². The van der Waals surface area contributed by atoms with Gasteiger partial charge in [0.1, 0.15) is 0 Å². The molecular formula is C17H21N5O. The van der Waals surface area contributed by atoms with Crippen molar-refractivity contribution in [3.05, 3.63) is 47.2 Å². The van der Waals surface area contributed by atoms with Gasteiger partial charge in [0.2, 0.25) is 0 Å². The number of benzene rings is 1. The highest BCUT2D eigenvalue weighted by Gasteiger charge is 2.46. The van der Waals surface area contributed by atoms with Crippen molar-refractivity contribution >= 4 is 11.8 Å². The fraction of sp³-hybridized carbons (Fsp3) is 0.412. The minimum Gasteiger partial charge on any atom is -0.382 e. The molecular weight excluding hydrogens is 290 g/mol. The average molecular weight is 311 g/mol. The highest BCUT2D eigenvalue weighted by atomic mass is 16.2. The molecule has 2 aliphatic rings. The number of H-pyrrole nitrogens is 1. The largest absolute Gasteiger partial charge is 0.382 e. The molecule has 2 aromatic rings. The van der Waals surface area contributed by atoms with E-state index in [0.29, 0.717) is 18.3 Å². The Morgan fingerprint density at radius 3 is 2.83 bits per heavy atom. The van der Waals surface area contributed by atoms with E-state index in [-0.39, 0.29) is 12.1 Å². The molecule has 1 unspecified atom stereocenters. The molecule has 0 saturated heterocycles. The first-order valence-electron chi connectivity index (χ1n) is 7.94. The normalized spacial score (nSPS) is 24.3. The van der Waals surface area contributed by atoms with Crippen LogP contribution in [-0.2, 0) is 12.1 Å². The number of hydrogen-bond donors (Lipinski definition) is 3. The van der Waals surface area contributed by atoms with E-state index in [1.165, 1.54) is 5.56 Å². The maximum Gasteiger partial charge on any atom is 0.318 e. The molecule has 1 fully saturated rings. The van der Waals surface area contributed by atoms with E-state index in [4.69, 9.17) is 5.73 Å². The number of nitrogens with zero attached hydrogens (tertiary/aromatic N) is 2. The van der Waals surface area contributed by atoms with Crippen molar-refractivity contribution in [3.63, 3.8) is 0 Å². The molecule has 4 N–H and O–H groups in total. The fourth-order valence-corrected chi connectivity index (χ4v) is 3.52. The molecule has 0 spiro atoms. The molecule has 1 aromatic heterocycles. The van der Waals surface area contributed by atoms with E-state index in [2.05, 4.69) is 27.6 Å². The van der Waals surface area contributed by atoms with Crippen molar-refractivity contribution < 1.29 is 4.79 Å². The van der Waals surface area contributed by atoms with Gasteiger partial charge in [0, 0.05) is 17.5 Å². The van der Waals surface area contributed by atoms with E-state index in [9.17, 15) is 4.79 Å². The summed E-state index contributed by atoms with van der Waals surface area (Å²) in [6.45, 7) is 4.52. The molecule has 1 aliphatic heterocycles. The van der Waals surface area contributed by atoms with E-state index in [1.807, 2.05) is 36.9 Å². The Bertz CT molecular complexity index is 752. The van der Waals surface area contributed by atoms with Gasteiger partial charge in [0.25, 0.3) is 0 Å². The van der Waals surface area contributed by atoms with Crippen LogP contribution in [0.25, 0.3) is 0 Å². The molecule has 23 heavy (non-hydrogen) atoms. The molecule has 1 aromatic carbocycles. The Labute approximate surface area is 135 Å². The van der Waals surface area contributed by atoms with Gasteiger partial charge >= 0.3 is 6.03 Å². The molecule has 0 bridgehead atoms. The van der Waals surface area contributed by atoms with E-state index in [1.54, 1.807) is 0 Å². The number of rotatable bonds is 2. The summed E-state index contributed by atoms with van der Waals surface area (Å²) in [6.07, 6.45) is 0.999. The SMILES string of the molecule is CC1(C)c2[nH]nc(N)c2CN1C(=O)NC1C[C@@H]1c1ccccc1. The summed E-state index contributed by atoms with van der Waals surface area (Å²) < 4.78 is 0.